The van der Waals surface area contributed by atoms with Gasteiger partial charge in [0, 0.05) is 12.6 Å². The summed E-state index contributed by atoms with van der Waals surface area (Å²) in [5.74, 6) is -0.173. The zero-order valence-corrected chi connectivity index (χ0v) is 16.0. The molecular formula is C18H22N4O5S. The number of hydrogen-bond donors (Lipinski definition) is 2. The molecule has 1 aliphatic heterocycles. The number of nitrogens with one attached hydrogen (secondary N) is 2. The highest BCUT2D eigenvalue weighted by atomic mass is 32.2. The van der Waals surface area contributed by atoms with E-state index in [1.165, 1.54) is 11.5 Å². The highest BCUT2D eigenvalue weighted by Crippen LogP contribution is 2.21. The van der Waals surface area contributed by atoms with E-state index < -0.39 is 10.1 Å². The van der Waals surface area contributed by atoms with Crippen LogP contribution in [-0.2, 0) is 24.8 Å². The predicted octanol–water partition coefficient (Wildman–Crippen LogP) is 0.659. The Labute approximate surface area is 163 Å². The quantitative estimate of drug-likeness (QED) is 0.339. The van der Waals surface area contributed by atoms with Crippen LogP contribution in [-0.4, -0.2) is 46.2 Å². The van der Waals surface area contributed by atoms with Gasteiger partial charge in [-0.05, 0) is 11.6 Å². The summed E-state index contributed by atoms with van der Waals surface area (Å²) in [6, 6.07) is 15.9. The Morgan fingerprint density at radius 3 is 2.61 bits per heavy atom. The minimum absolute atomic E-state index is 0.0629. The third kappa shape index (κ3) is 5.83. The van der Waals surface area contributed by atoms with Gasteiger partial charge in [0.2, 0.25) is 0 Å². The van der Waals surface area contributed by atoms with Crippen molar-refractivity contribution in [3.63, 3.8) is 0 Å². The highest BCUT2D eigenvalue weighted by Gasteiger charge is 2.19. The second kappa shape index (κ2) is 9.73. The summed E-state index contributed by atoms with van der Waals surface area (Å²) >= 11 is 0. The van der Waals surface area contributed by atoms with E-state index in [2.05, 4.69) is 10.4 Å². The van der Waals surface area contributed by atoms with E-state index in [4.69, 9.17) is 8.92 Å². The molecule has 3 rings (SSSR count). The van der Waals surface area contributed by atoms with Gasteiger partial charge in [0.15, 0.2) is 12.0 Å². The van der Waals surface area contributed by atoms with E-state index in [1.807, 2.05) is 12.1 Å². The second-order valence-electron chi connectivity index (χ2n) is 5.97. The molecule has 0 saturated heterocycles. The van der Waals surface area contributed by atoms with Crippen LogP contribution in [0.15, 0.2) is 59.6 Å². The van der Waals surface area contributed by atoms with Gasteiger partial charge in [-0.15, -0.1) is 5.12 Å². The number of hydrazine groups is 1. The molecule has 0 aromatic heterocycles. The number of aliphatic imine (C=N–C) groups is 1. The molecule has 1 heterocycles. The van der Waals surface area contributed by atoms with Gasteiger partial charge in [0.05, 0.1) is 19.8 Å². The van der Waals surface area contributed by atoms with Gasteiger partial charge in [-0.2, -0.15) is 13.8 Å². The topological polar surface area (TPSA) is 108 Å². The number of para-hydroxylation sites is 1. The minimum atomic E-state index is -3.65. The van der Waals surface area contributed by atoms with Gasteiger partial charge in [0.25, 0.3) is 10.1 Å². The van der Waals surface area contributed by atoms with E-state index >= 15 is 0 Å². The Balaban J connectivity index is 1.31. The van der Waals surface area contributed by atoms with Crippen molar-refractivity contribution in [2.45, 2.75) is 5.75 Å². The van der Waals surface area contributed by atoms with Gasteiger partial charge >= 0.3 is 0 Å². The molecule has 9 nitrogen and oxygen atoms in total. The van der Waals surface area contributed by atoms with Crippen molar-refractivity contribution in [3.8, 4) is 0 Å². The average molecular weight is 406 g/mol. The van der Waals surface area contributed by atoms with E-state index in [-0.39, 0.29) is 30.7 Å². The van der Waals surface area contributed by atoms with Crippen molar-refractivity contribution < 1.29 is 22.5 Å². The first-order valence-electron chi connectivity index (χ1n) is 8.74. The second-order valence-corrected chi connectivity index (χ2v) is 7.61. The molecule has 0 bridgehead atoms. The molecule has 28 heavy (non-hydrogen) atoms. The van der Waals surface area contributed by atoms with E-state index in [0.717, 1.165) is 0 Å². The number of quaternary nitrogens is 1. The maximum atomic E-state index is 12.3. The molecule has 1 aliphatic rings. The molecule has 0 aliphatic carbocycles. The van der Waals surface area contributed by atoms with E-state index in [0.29, 0.717) is 23.5 Å². The molecule has 0 radical (unpaired) electrons. The van der Waals surface area contributed by atoms with Crippen LogP contribution in [0.4, 0.5) is 11.4 Å². The lowest BCUT2D eigenvalue weighted by molar-refractivity contribution is -0.902. The summed E-state index contributed by atoms with van der Waals surface area (Å²) in [5.41, 5.74) is 4.73. The molecule has 1 atom stereocenters. The molecule has 0 spiro atoms. The van der Waals surface area contributed by atoms with Crippen LogP contribution in [0.5, 0.6) is 0 Å². The normalized spacial score (nSPS) is 16.2. The zero-order chi connectivity index (χ0) is 19.8. The van der Waals surface area contributed by atoms with Gasteiger partial charge in [-0.1, -0.05) is 42.5 Å². The van der Waals surface area contributed by atoms with Gasteiger partial charge in [-0.3, -0.25) is 4.18 Å². The van der Waals surface area contributed by atoms with Crippen molar-refractivity contribution in [1.82, 2.24) is 10.5 Å². The maximum absolute atomic E-state index is 12.3. The fourth-order valence-corrected chi connectivity index (χ4v) is 3.57. The summed E-state index contributed by atoms with van der Waals surface area (Å²) < 4.78 is 34.0. The standard InChI is InChI=1S/C18H22N4O5S/c23-22-18-9-5-4-8-17(18)19-15-21(22)20-10-11-26-12-13-27-28(24,25)14-16-6-2-1-3-7-16/h1-9,15,20,22H,10-14H2. The van der Waals surface area contributed by atoms with Crippen LogP contribution < -0.4 is 10.6 Å². The Morgan fingerprint density at radius 1 is 1.04 bits per heavy atom. The molecular weight excluding hydrogens is 384 g/mol. The predicted molar refractivity (Wildman–Crippen MR) is 104 cm³/mol. The Kier molecular flexibility index (Phi) is 7.09. The molecule has 2 aromatic carbocycles. The first-order chi connectivity index (χ1) is 13.6. The largest absolute Gasteiger partial charge is 0.601 e. The fourth-order valence-electron chi connectivity index (χ4n) is 2.56. The third-order valence-electron chi connectivity index (χ3n) is 3.87. The summed E-state index contributed by atoms with van der Waals surface area (Å²) in [4.78, 5) is 4.20. The van der Waals surface area contributed by atoms with E-state index in [1.54, 1.807) is 42.5 Å². The van der Waals surface area contributed by atoms with Crippen molar-refractivity contribution in [2.75, 3.05) is 26.4 Å². The lowest BCUT2D eigenvalue weighted by Crippen LogP contribution is -3.11. The molecule has 2 aromatic rings. The number of rotatable bonds is 10. The zero-order valence-electron chi connectivity index (χ0n) is 15.2. The average Bonchev–Trinajstić information content (AvgIpc) is 2.69. The molecule has 1 unspecified atom stereocenters. The van der Waals surface area contributed by atoms with Crippen LogP contribution in [0.3, 0.4) is 0 Å². The van der Waals surface area contributed by atoms with Crippen molar-refractivity contribution in [3.05, 3.63) is 65.4 Å². The lowest BCUT2D eigenvalue weighted by Gasteiger charge is -2.34. The van der Waals surface area contributed by atoms with Gasteiger partial charge in [0.1, 0.15) is 11.4 Å². The highest BCUT2D eigenvalue weighted by molar-refractivity contribution is 7.85. The maximum Gasteiger partial charge on any atom is 0.271 e. The number of fused-ring (bicyclic) bond motifs is 1. The first kappa shape index (κ1) is 20.4. The van der Waals surface area contributed by atoms with E-state index in [9.17, 15) is 13.6 Å². The summed E-state index contributed by atoms with van der Waals surface area (Å²) in [5, 5.41) is 13.4. The molecule has 0 fully saturated rings. The van der Waals surface area contributed by atoms with Gasteiger partial charge in [-0.25, -0.2) is 10.2 Å². The lowest BCUT2D eigenvalue weighted by atomic mass is 10.2. The molecule has 2 N–H and O–H groups in total. The first-order valence-corrected chi connectivity index (χ1v) is 10.3. The van der Waals surface area contributed by atoms with Crippen molar-refractivity contribution >= 4 is 27.8 Å². The van der Waals surface area contributed by atoms with Crippen molar-refractivity contribution in [2.24, 2.45) is 4.99 Å². The van der Waals surface area contributed by atoms with Crippen LogP contribution in [0.25, 0.3) is 0 Å². The number of ether oxygens (including phenoxy) is 1. The van der Waals surface area contributed by atoms with Gasteiger partial charge < -0.3 is 9.94 Å². The SMILES string of the molecule is O=S(=O)(Cc1ccccc1)OCCOCCNN1C=Nc2ccccc2[NH+]1[O-]. The minimum Gasteiger partial charge on any atom is -0.601 e. The number of nitrogens with zero attached hydrogens (tertiary/aromatic N) is 2. The molecule has 150 valence electrons. The van der Waals surface area contributed by atoms with Crippen LogP contribution in [0.1, 0.15) is 5.56 Å². The van der Waals surface area contributed by atoms with Crippen LogP contribution in [0, 0.1) is 5.21 Å². The Bertz CT molecular complexity index is 892. The molecule has 0 saturated carbocycles. The van der Waals surface area contributed by atoms with Crippen molar-refractivity contribution in [1.29, 1.82) is 0 Å². The van der Waals surface area contributed by atoms with Crippen LogP contribution in [0.2, 0.25) is 0 Å². The molecule has 10 heteroatoms. The van der Waals surface area contributed by atoms with Crippen LogP contribution >= 0.6 is 0 Å². The monoisotopic (exact) mass is 406 g/mol. The number of hydrogen-bond acceptors (Lipinski definition) is 8. The smallest absolute Gasteiger partial charge is 0.271 e. The summed E-state index contributed by atoms with van der Waals surface area (Å²) in [7, 11) is -3.65. The Morgan fingerprint density at radius 2 is 1.79 bits per heavy atom. The fraction of sp³-hybridized carbons (Fsp3) is 0.278. The molecule has 0 amide bonds. The third-order valence-corrected chi connectivity index (χ3v) is 5.08. The summed E-state index contributed by atoms with van der Waals surface area (Å²) in [6.45, 7) is 0.700. The Hall–Kier alpha value is -2.34. The summed E-state index contributed by atoms with van der Waals surface area (Å²) in [6.07, 6.45) is 1.42. The number of benzene rings is 2.